The lowest BCUT2D eigenvalue weighted by Crippen LogP contribution is -2.24. The van der Waals surface area contributed by atoms with Gasteiger partial charge >= 0.3 is 0 Å². The highest BCUT2D eigenvalue weighted by molar-refractivity contribution is 7.13. The SMILES string of the molecule is CC(c1ccc(Cl)cc1)(c1ccc(Cl)cc1)c1ccc(C=O)s1. The second kappa shape index (κ2) is 6.48. The van der Waals surface area contributed by atoms with E-state index < -0.39 is 0 Å². The van der Waals surface area contributed by atoms with Crippen LogP contribution in [0.3, 0.4) is 0 Å². The molecule has 0 aliphatic heterocycles. The molecule has 0 saturated heterocycles. The van der Waals surface area contributed by atoms with E-state index in [1.165, 1.54) is 11.3 Å². The van der Waals surface area contributed by atoms with Crippen molar-refractivity contribution in [2.75, 3.05) is 0 Å². The van der Waals surface area contributed by atoms with E-state index in [0.29, 0.717) is 14.9 Å². The standard InChI is InChI=1S/C19H14Cl2OS/c1-19(13-2-6-15(20)7-3-13,14-4-8-16(21)9-5-14)18-11-10-17(12-22)23-18/h2-12H,1H3. The molecule has 0 radical (unpaired) electrons. The molecule has 1 nitrogen and oxygen atoms in total. The molecule has 2 aromatic carbocycles. The first kappa shape index (κ1) is 16.3. The second-order valence-corrected chi connectivity index (χ2v) is 7.45. The molecule has 0 atom stereocenters. The van der Waals surface area contributed by atoms with E-state index in [0.717, 1.165) is 22.3 Å². The Morgan fingerprint density at radius 3 is 1.70 bits per heavy atom. The van der Waals surface area contributed by atoms with E-state index in [1.54, 1.807) is 0 Å². The first-order valence-corrected chi connectivity index (χ1v) is 8.69. The summed E-state index contributed by atoms with van der Waals surface area (Å²) in [6.45, 7) is 2.15. The van der Waals surface area contributed by atoms with Gasteiger partial charge in [-0.15, -0.1) is 11.3 Å². The van der Waals surface area contributed by atoms with Crippen molar-refractivity contribution >= 4 is 40.8 Å². The summed E-state index contributed by atoms with van der Waals surface area (Å²) in [6, 6.07) is 19.5. The monoisotopic (exact) mass is 360 g/mol. The van der Waals surface area contributed by atoms with Gasteiger partial charge in [-0.2, -0.15) is 0 Å². The normalized spacial score (nSPS) is 11.4. The van der Waals surface area contributed by atoms with Crippen LogP contribution in [0, 0.1) is 0 Å². The first-order valence-electron chi connectivity index (χ1n) is 7.11. The summed E-state index contributed by atoms with van der Waals surface area (Å²) < 4.78 is 0. The average molecular weight is 361 g/mol. The van der Waals surface area contributed by atoms with Crippen LogP contribution >= 0.6 is 34.5 Å². The molecule has 0 aliphatic carbocycles. The van der Waals surface area contributed by atoms with Crippen LogP contribution in [0.2, 0.25) is 10.0 Å². The molecule has 3 rings (SSSR count). The fraction of sp³-hybridized carbons (Fsp3) is 0.105. The highest BCUT2D eigenvalue weighted by atomic mass is 35.5. The summed E-state index contributed by atoms with van der Waals surface area (Å²) >= 11 is 13.6. The minimum absolute atomic E-state index is 0.374. The molecule has 0 fully saturated rings. The van der Waals surface area contributed by atoms with Crippen LogP contribution in [0.1, 0.15) is 32.6 Å². The van der Waals surface area contributed by atoms with Crippen LogP contribution in [0.15, 0.2) is 60.7 Å². The Hall–Kier alpha value is -1.61. The molecule has 1 heterocycles. The molecule has 4 heteroatoms. The highest BCUT2D eigenvalue weighted by Gasteiger charge is 2.32. The van der Waals surface area contributed by atoms with Crippen molar-refractivity contribution in [2.45, 2.75) is 12.3 Å². The third-order valence-corrected chi connectivity index (χ3v) is 5.82. The molecule has 0 unspecified atom stereocenters. The average Bonchev–Trinajstić information content (AvgIpc) is 3.05. The van der Waals surface area contributed by atoms with Gasteiger partial charge < -0.3 is 0 Å². The Kier molecular flexibility index (Phi) is 4.58. The number of thiophene rings is 1. The van der Waals surface area contributed by atoms with Crippen molar-refractivity contribution in [3.05, 3.63) is 91.6 Å². The van der Waals surface area contributed by atoms with Crippen LogP contribution in [0.25, 0.3) is 0 Å². The summed E-state index contributed by atoms with van der Waals surface area (Å²) in [4.78, 5) is 12.9. The van der Waals surface area contributed by atoms with Gasteiger partial charge in [0.05, 0.1) is 10.3 Å². The lowest BCUT2D eigenvalue weighted by molar-refractivity contribution is 0.112. The van der Waals surface area contributed by atoms with Gasteiger partial charge in [-0.3, -0.25) is 4.79 Å². The Bertz CT molecular complexity index is 774. The summed E-state index contributed by atoms with van der Waals surface area (Å²) in [6.07, 6.45) is 0.887. The van der Waals surface area contributed by atoms with Gasteiger partial charge in [0.15, 0.2) is 6.29 Å². The minimum Gasteiger partial charge on any atom is -0.297 e. The maximum absolute atomic E-state index is 11.1. The van der Waals surface area contributed by atoms with E-state index in [4.69, 9.17) is 23.2 Å². The van der Waals surface area contributed by atoms with Crippen LogP contribution in [-0.4, -0.2) is 6.29 Å². The molecule has 1 aromatic heterocycles. The van der Waals surface area contributed by atoms with Crippen LogP contribution < -0.4 is 0 Å². The topological polar surface area (TPSA) is 17.1 Å². The molecule has 116 valence electrons. The predicted octanol–water partition coefficient (Wildman–Crippen LogP) is 6.22. The molecular formula is C19H14Cl2OS. The molecule has 3 aromatic rings. The number of aldehydes is 1. The summed E-state index contributed by atoms with van der Waals surface area (Å²) in [5.74, 6) is 0. The Balaban J connectivity index is 2.21. The van der Waals surface area contributed by atoms with Gasteiger partial charge in [-0.25, -0.2) is 0 Å². The fourth-order valence-corrected chi connectivity index (χ4v) is 3.97. The molecule has 0 aliphatic rings. The van der Waals surface area contributed by atoms with Gasteiger partial charge in [0.1, 0.15) is 0 Å². The van der Waals surface area contributed by atoms with Crippen molar-refractivity contribution in [3.8, 4) is 0 Å². The summed E-state index contributed by atoms with van der Waals surface area (Å²) in [5, 5.41) is 1.40. The lowest BCUT2D eigenvalue weighted by atomic mass is 9.75. The Morgan fingerprint density at radius 2 is 1.30 bits per heavy atom. The van der Waals surface area contributed by atoms with E-state index in [1.807, 2.05) is 60.7 Å². The zero-order valence-electron chi connectivity index (χ0n) is 12.4. The van der Waals surface area contributed by atoms with E-state index in [2.05, 4.69) is 6.92 Å². The molecule has 0 amide bonds. The molecule has 23 heavy (non-hydrogen) atoms. The van der Waals surface area contributed by atoms with Crippen LogP contribution in [-0.2, 0) is 5.41 Å². The van der Waals surface area contributed by atoms with Crippen molar-refractivity contribution in [1.29, 1.82) is 0 Å². The molecule has 0 bridgehead atoms. The van der Waals surface area contributed by atoms with Gasteiger partial charge in [0.2, 0.25) is 0 Å². The molecule has 0 saturated carbocycles. The maximum Gasteiger partial charge on any atom is 0.160 e. The zero-order chi connectivity index (χ0) is 16.4. The second-order valence-electron chi connectivity index (χ2n) is 5.46. The number of hydrogen-bond acceptors (Lipinski definition) is 2. The third-order valence-electron chi connectivity index (χ3n) is 4.08. The highest BCUT2D eigenvalue weighted by Crippen LogP contribution is 2.42. The number of hydrogen-bond donors (Lipinski definition) is 0. The van der Waals surface area contributed by atoms with Gasteiger partial charge in [-0.1, -0.05) is 47.5 Å². The van der Waals surface area contributed by atoms with Crippen molar-refractivity contribution in [3.63, 3.8) is 0 Å². The van der Waals surface area contributed by atoms with Gasteiger partial charge in [-0.05, 0) is 54.4 Å². The molecular weight excluding hydrogens is 347 g/mol. The van der Waals surface area contributed by atoms with Crippen molar-refractivity contribution in [2.24, 2.45) is 0 Å². The van der Waals surface area contributed by atoms with E-state index >= 15 is 0 Å². The quantitative estimate of drug-likeness (QED) is 0.504. The number of benzene rings is 2. The summed E-state index contributed by atoms with van der Waals surface area (Å²) in [5.41, 5.74) is 1.85. The van der Waals surface area contributed by atoms with E-state index in [9.17, 15) is 4.79 Å². The fourth-order valence-electron chi connectivity index (χ4n) is 2.70. The smallest absolute Gasteiger partial charge is 0.160 e. The van der Waals surface area contributed by atoms with Gasteiger partial charge in [0.25, 0.3) is 0 Å². The number of halogens is 2. The number of rotatable bonds is 4. The molecule has 0 N–H and O–H groups in total. The Morgan fingerprint density at radius 1 is 0.826 bits per heavy atom. The maximum atomic E-state index is 11.1. The number of carbonyl (C=O) groups excluding carboxylic acids is 1. The van der Waals surface area contributed by atoms with E-state index in [-0.39, 0.29) is 5.41 Å². The largest absolute Gasteiger partial charge is 0.297 e. The first-order chi connectivity index (χ1) is 11.0. The third kappa shape index (κ3) is 3.07. The summed E-state index contributed by atoms with van der Waals surface area (Å²) in [7, 11) is 0. The Labute approximate surface area is 149 Å². The predicted molar refractivity (Wildman–Crippen MR) is 98.2 cm³/mol. The van der Waals surface area contributed by atoms with Crippen molar-refractivity contribution < 1.29 is 4.79 Å². The number of carbonyl (C=O) groups is 1. The molecule has 0 spiro atoms. The zero-order valence-corrected chi connectivity index (χ0v) is 14.8. The minimum atomic E-state index is -0.374. The lowest BCUT2D eigenvalue weighted by Gasteiger charge is -2.30. The van der Waals surface area contributed by atoms with Crippen LogP contribution in [0.5, 0.6) is 0 Å². The van der Waals surface area contributed by atoms with Crippen molar-refractivity contribution in [1.82, 2.24) is 0 Å². The van der Waals surface area contributed by atoms with Gasteiger partial charge in [0, 0.05) is 14.9 Å². The van der Waals surface area contributed by atoms with Crippen LogP contribution in [0.4, 0.5) is 0 Å².